The van der Waals surface area contributed by atoms with Crippen molar-refractivity contribution in [3.63, 3.8) is 0 Å². The number of rotatable bonds is 6. The van der Waals surface area contributed by atoms with Gasteiger partial charge in [0.1, 0.15) is 12.3 Å². The maximum atomic E-state index is 13.0. The van der Waals surface area contributed by atoms with Gasteiger partial charge in [0, 0.05) is 29.7 Å². The van der Waals surface area contributed by atoms with Gasteiger partial charge in [-0.3, -0.25) is 9.59 Å². The highest BCUT2D eigenvalue weighted by Crippen LogP contribution is 2.38. The molecule has 0 unspecified atom stereocenters. The SMILES string of the molecule is C[C@@H]1CSc2ccc(S(=O)(=O)N3CCCC3)cc2N(CC(=O)NCc2ccco2)C1=O. The molecule has 1 aromatic heterocycles. The molecule has 1 saturated heterocycles. The minimum atomic E-state index is -3.63. The van der Waals surface area contributed by atoms with Crippen LogP contribution >= 0.6 is 11.8 Å². The number of nitrogens with one attached hydrogen (secondary N) is 1. The molecule has 8 nitrogen and oxygen atoms in total. The van der Waals surface area contributed by atoms with Crippen molar-refractivity contribution < 1.29 is 22.4 Å². The Morgan fingerprint density at radius 3 is 2.74 bits per heavy atom. The molecule has 166 valence electrons. The van der Waals surface area contributed by atoms with Gasteiger partial charge in [0.2, 0.25) is 21.8 Å². The predicted molar refractivity (Wildman–Crippen MR) is 117 cm³/mol. The molecule has 0 aliphatic carbocycles. The summed E-state index contributed by atoms with van der Waals surface area (Å²) < 4.78 is 32.8. The number of anilines is 1. The summed E-state index contributed by atoms with van der Waals surface area (Å²) in [5.41, 5.74) is 0.466. The zero-order valence-corrected chi connectivity index (χ0v) is 18.9. The van der Waals surface area contributed by atoms with Crippen molar-refractivity contribution in [2.45, 2.75) is 36.1 Å². The van der Waals surface area contributed by atoms with Crippen molar-refractivity contribution in [3.05, 3.63) is 42.4 Å². The van der Waals surface area contributed by atoms with E-state index in [1.165, 1.54) is 33.3 Å². The van der Waals surface area contributed by atoms with E-state index < -0.39 is 10.0 Å². The van der Waals surface area contributed by atoms with Gasteiger partial charge in [-0.05, 0) is 43.2 Å². The van der Waals surface area contributed by atoms with Crippen LogP contribution in [0.3, 0.4) is 0 Å². The van der Waals surface area contributed by atoms with E-state index in [0.717, 1.165) is 17.7 Å². The maximum absolute atomic E-state index is 13.0. The first-order chi connectivity index (χ1) is 14.9. The third-order valence-corrected chi connectivity index (χ3v) is 8.66. The molecule has 2 amide bonds. The van der Waals surface area contributed by atoms with Gasteiger partial charge >= 0.3 is 0 Å². The highest BCUT2D eigenvalue weighted by Gasteiger charge is 2.33. The van der Waals surface area contributed by atoms with Gasteiger partial charge in [0.25, 0.3) is 0 Å². The number of carbonyl (C=O) groups excluding carboxylic acids is 2. The summed E-state index contributed by atoms with van der Waals surface area (Å²) in [5, 5.41) is 2.75. The largest absolute Gasteiger partial charge is 0.467 e. The molecule has 0 radical (unpaired) electrons. The molecule has 1 atom stereocenters. The van der Waals surface area contributed by atoms with Gasteiger partial charge in [-0.25, -0.2) is 8.42 Å². The molecule has 1 fully saturated rings. The van der Waals surface area contributed by atoms with Crippen LogP contribution in [0.4, 0.5) is 5.69 Å². The van der Waals surface area contributed by atoms with Gasteiger partial charge < -0.3 is 14.6 Å². The molecule has 1 aromatic carbocycles. The average Bonchev–Trinajstić information content (AvgIpc) is 3.46. The van der Waals surface area contributed by atoms with Gasteiger partial charge in [0.05, 0.1) is 23.4 Å². The van der Waals surface area contributed by atoms with E-state index >= 15 is 0 Å². The first kappa shape index (κ1) is 21.9. The number of nitrogens with zero attached hydrogens (tertiary/aromatic N) is 2. The van der Waals surface area contributed by atoms with Crippen LogP contribution in [0, 0.1) is 5.92 Å². The lowest BCUT2D eigenvalue weighted by atomic mass is 10.1. The summed E-state index contributed by atoms with van der Waals surface area (Å²) in [6.07, 6.45) is 3.22. The Bertz CT molecular complexity index is 1060. The molecule has 31 heavy (non-hydrogen) atoms. The average molecular weight is 464 g/mol. The number of hydrogen-bond acceptors (Lipinski definition) is 6. The first-order valence-corrected chi connectivity index (χ1v) is 12.7. The molecule has 2 aliphatic heterocycles. The monoisotopic (exact) mass is 463 g/mol. The Hall–Kier alpha value is -2.30. The molecular weight excluding hydrogens is 438 g/mol. The topological polar surface area (TPSA) is 99.9 Å². The third-order valence-electron chi connectivity index (χ3n) is 5.44. The van der Waals surface area contributed by atoms with Crippen LogP contribution < -0.4 is 10.2 Å². The predicted octanol–water partition coefficient (Wildman–Crippen LogP) is 2.46. The smallest absolute Gasteiger partial charge is 0.243 e. The van der Waals surface area contributed by atoms with Crippen molar-refractivity contribution in [1.82, 2.24) is 9.62 Å². The summed E-state index contributed by atoms with van der Waals surface area (Å²) in [6, 6.07) is 8.35. The molecule has 0 saturated carbocycles. The van der Waals surface area contributed by atoms with Gasteiger partial charge in [-0.15, -0.1) is 11.8 Å². The number of sulfonamides is 1. The van der Waals surface area contributed by atoms with Crippen molar-refractivity contribution in [2.75, 3.05) is 30.3 Å². The second kappa shape index (κ2) is 9.05. The summed E-state index contributed by atoms with van der Waals surface area (Å²) >= 11 is 1.50. The van der Waals surface area contributed by atoms with Crippen LogP contribution in [0.25, 0.3) is 0 Å². The summed E-state index contributed by atoms with van der Waals surface area (Å²) in [7, 11) is -3.63. The van der Waals surface area contributed by atoms with E-state index in [0.29, 0.717) is 30.3 Å². The van der Waals surface area contributed by atoms with Crippen LogP contribution in [0.15, 0.2) is 50.8 Å². The van der Waals surface area contributed by atoms with E-state index in [2.05, 4.69) is 5.32 Å². The molecule has 0 bridgehead atoms. The van der Waals surface area contributed by atoms with Crippen LogP contribution in [0.5, 0.6) is 0 Å². The number of amides is 2. The van der Waals surface area contributed by atoms with Gasteiger partial charge in [0.15, 0.2) is 0 Å². The molecule has 1 N–H and O–H groups in total. The molecule has 4 rings (SSSR count). The van der Waals surface area contributed by atoms with Gasteiger partial charge in [-0.1, -0.05) is 6.92 Å². The van der Waals surface area contributed by atoms with E-state index in [4.69, 9.17) is 4.42 Å². The summed E-state index contributed by atoms with van der Waals surface area (Å²) in [6.45, 7) is 2.85. The number of benzene rings is 1. The fraction of sp³-hybridized carbons (Fsp3) is 0.429. The second-order valence-corrected chi connectivity index (χ2v) is 10.7. The molecule has 10 heteroatoms. The highest BCUT2D eigenvalue weighted by molar-refractivity contribution is 7.99. The van der Waals surface area contributed by atoms with Crippen molar-refractivity contribution >= 4 is 39.3 Å². The third kappa shape index (κ3) is 4.65. The van der Waals surface area contributed by atoms with Crippen LogP contribution in [-0.2, 0) is 26.2 Å². The Labute approximate surface area is 186 Å². The van der Waals surface area contributed by atoms with E-state index in [9.17, 15) is 18.0 Å². The van der Waals surface area contributed by atoms with Crippen LogP contribution in [-0.4, -0.2) is 49.9 Å². The number of fused-ring (bicyclic) bond motifs is 1. The Morgan fingerprint density at radius 2 is 2.03 bits per heavy atom. The minimum Gasteiger partial charge on any atom is -0.467 e. The zero-order valence-electron chi connectivity index (χ0n) is 17.2. The Kier molecular flexibility index (Phi) is 6.40. The first-order valence-electron chi connectivity index (χ1n) is 10.2. The standard InChI is InChI=1S/C21H25N3O5S2/c1-15-14-30-19-7-6-17(31(27,28)23-8-2-3-9-23)11-18(19)24(21(15)26)13-20(25)22-12-16-5-4-10-29-16/h4-7,10-11,15H,2-3,8-9,12-14H2,1H3,(H,22,25)/t15-/m1/s1. The lowest BCUT2D eigenvalue weighted by Gasteiger charge is -2.25. The Balaban J connectivity index is 1.61. The minimum absolute atomic E-state index is 0.150. The summed E-state index contributed by atoms with van der Waals surface area (Å²) in [5.74, 6) is 0.333. The number of thioether (sulfide) groups is 1. The lowest BCUT2D eigenvalue weighted by molar-refractivity contribution is -0.125. The van der Waals surface area contributed by atoms with E-state index in [1.807, 2.05) is 6.92 Å². The van der Waals surface area contributed by atoms with E-state index in [1.54, 1.807) is 24.3 Å². The Morgan fingerprint density at radius 1 is 1.26 bits per heavy atom. The van der Waals surface area contributed by atoms with Crippen LogP contribution in [0.2, 0.25) is 0 Å². The second-order valence-electron chi connectivity index (χ2n) is 7.73. The fourth-order valence-electron chi connectivity index (χ4n) is 3.70. The van der Waals surface area contributed by atoms with Crippen molar-refractivity contribution in [3.8, 4) is 0 Å². The maximum Gasteiger partial charge on any atom is 0.243 e. The zero-order chi connectivity index (χ0) is 22.0. The quantitative estimate of drug-likeness (QED) is 0.706. The lowest BCUT2D eigenvalue weighted by Crippen LogP contribution is -2.43. The summed E-state index contributed by atoms with van der Waals surface area (Å²) in [4.78, 5) is 28.0. The van der Waals surface area contributed by atoms with Crippen molar-refractivity contribution in [1.29, 1.82) is 0 Å². The molecule has 3 heterocycles. The van der Waals surface area contributed by atoms with Crippen LogP contribution in [0.1, 0.15) is 25.5 Å². The molecule has 2 aromatic rings. The number of furan rings is 1. The normalized spacial score (nSPS) is 19.8. The highest BCUT2D eigenvalue weighted by atomic mass is 32.2. The molecule has 2 aliphatic rings. The molecular formula is C21H25N3O5S2. The van der Waals surface area contributed by atoms with Crippen molar-refractivity contribution in [2.24, 2.45) is 5.92 Å². The number of hydrogen-bond donors (Lipinski definition) is 1. The number of carbonyl (C=O) groups is 2. The fourth-order valence-corrected chi connectivity index (χ4v) is 6.29. The van der Waals surface area contributed by atoms with Gasteiger partial charge in [-0.2, -0.15) is 4.31 Å². The van der Waals surface area contributed by atoms with E-state index in [-0.39, 0.29) is 35.7 Å². The molecule has 0 spiro atoms.